The summed E-state index contributed by atoms with van der Waals surface area (Å²) in [5.41, 5.74) is 8.22. The summed E-state index contributed by atoms with van der Waals surface area (Å²) < 4.78 is 5.29. The van der Waals surface area contributed by atoms with Crippen LogP contribution in [0.1, 0.15) is 29.4 Å². The van der Waals surface area contributed by atoms with Crippen molar-refractivity contribution in [3.8, 4) is 5.75 Å². The molecule has 0 spiro atoms. The highest BCUT2D eigenvalue weighted by atomic mass is 16.5. The van der Waals surface area contributed by atoms with Crippen LogP contribution in [0.3, 0.4) is 0 Å². The van der Waals surface area contributed by atoms with E-state index in [0.717, 1.165) is 35.3 Å². The Kier molecular flexibility index (Phi) is 3.98. The van der Waals surface area contributed by atoms with E-state index in [-0.39, 0.29) is 11.3 Å². The van der Waals surface area contributed by atoms with Crippen LogP contribution in [0.15, 0.2) is 24.3 Å². The molecule has 0 aliphatic carbocycles. The van der Waals surface area contributed by atoms with Crippen LogP contribution in [-0.4, -0.2) is 42.5 Å². The van der Waals surface area contributed by atoms with Crippen molar-refractivity contribution in [2.24, 2.45) is 11.1 Å². The van der Waals surface area contributed by atoms with E-state index < -0.39 is 0 Å². The molecule has 2 heterocycles. The Hall–Kier alpha value is -2.14. The first-order chi connectivity index (χ1) is 11.0. The molecule has 0 radical (unpaired) electrons. The van der Waals surface area contributed by atoms with Gasteiger partial charge >= 0.3 is 0 Å². The van der Waals surface area contributed by atoms with Crippen molar-refractivity contribution >= 4 is 16.8 Å². The number of rotatable bonds is 3. The maximum atomic E-state index is 13.0. The lowest BCUT2D eigenvalue weighted by atomic mass is 9.90. The Labute approximate surface area is 136 Å². The Morgan fingerprint density at radius 1 is 1.43 bits per heavy atom. The Bertz CT molecular complexity index is 759. The van der Waals surface area contributed by atoms with Crippen LogP contribution in [0.4, 0.5) is 0 Å². The minimum absolute atomic E-state index is 0.0191. The Morgan fingerprint density at radius 2 is 2.22 bits per heavy atom. The number of likely N-dealkylation sites (tertiary alicyclic amines) is 1. The van der Waals surface area contributed by atoms with Crippen LogP contribution in [-0.2, 0) is 0 Å². The van der Waals surface area contributed by atoms with Crippen molar-refractivity contribution in [1.82, 2.24) is 9.88 Å². The van der Waals surface area contributed by atoms with Crippen molar-refractivity contribution in [2.45, 2.75) is 20.3 Å². The third kappa shape index (κ3) is 2.88. The van der Waals surface area contributed by atoms with Crippen molar-refractivity contribution in [1.29, 1.82) is 0 Å². The largest absolute Gasteiger partial charge is 0.497 e. The summed E-state index contributed by atoms with van der Waals surface area (Å²) in [6.45, 7) is 6.10. The average molecular weight is 313 g/mol. The molecule has 1 unspecified atom stereocenters. The molecule has 2 N–H and O–H groups in total. The fourth-order valence-corrected chi connectivity index (χ4v) is 3.18. The fraction of sp³-hybridized carbons (Fsp3) is 0.444. The highest BCUT2D eigenvalue weighted by Gasteiger charge is 2.35. The second kappa shape index (κ2) is 5.81. The summed E-state index contributed by atoms with van der Waals surface area (Å²) in [7, 11) is 1.62. The van der Waals surface area contributed by atoms with Crippen LogP contribution in [0.25, 0.3) is 10.9 Å². The highest BCUT2D eigenvalue weighted by molar-refractivity contribution is 6.06. The maximum absolute atomic E-state index is 13.0. The van der Waals surface area contributed by atoms with Crippen molar-refractivity contribution in [3.05, 3.63) is 35.5 Å². The van der Waals surface area contributed by atoms with Crippen LogP contribution >= 0.6 is 0 Å². The van der Waals surface area contributed by atoms with E-state index in [1.165, 1.54) is 0 Å². The summed E-state index contributed by atoms with van der Waals surface area (Å²) in [5, 5.41) is 0.835. The van der Waals surface area contributed by atoms with E-state index in [4.69, 9.17) is 10.5 Å². The molecule has 23 heavy (non-hydrogen) atoms. The van der Waals surface area contributed by atoms with Crippen molar-refractivity contribution in [3.63, 3.8) is 0 Å². The number of methoxy groups -OCH3 is 1. The van der Waals surface area contributed by atoms with E-state index in [2.05, 4.69) is 11.9 Å². The second-order valence-corrected chi connectivity index (χ2v) is 6.69. The smallest absolute Gasteiger partial charge is 0.254 e. The molecule has 2 aromatic rings. The van der Waals surface area contributed by atoms with Crippen molar-refractivity contribution in [2.75, 3.05) is 26.7 Å². The number of hydrogen-bond acceptors (Lipinski definition) is 4. The molecular weight excluding hydrogens is 290 g/mol. The number of hydrogen-bond donors (Lipinski definition) is 1. The molecule has 1 fully saturated rings. The van der Waals surface area contributed by atoms with Crippen LogP contribution < -0.4 is 10.5 Å². The standard InChI is InChI=1S/C18H23N3O2/c1-12-8-15(14-9-13(23-3)4-5-16(14)20-12)17(22)21-7-6-18(2,10-19)11-21/h4-5,8-9H,6-7,10-11,19H2,1-3H3. The van der Waals surface area contributed by atoms with Gasteiger partial charge in [0.05, 0.1) is 18.2 Å². The molecule has 3 rings (SSSR count). The number of aromatic nitrogens is 1. The molecule has 1 amide bonds. The van der Waals surface area contributed by atoms with Crippen LogP contribution in [0, 0.1) is 12.3 Å². The number of carbonyl (C=O) groups is 1. The van der Waals surface area contributed by atoms with Gasteiger partial charge < -0.3 is 15.4 Å². The number of ether oxygens (including phenoxy) is 1. The number of amides is 1. The van der Waals surface area contributed by atoms with Gasteiger partial charge in [-0.3, -0.25) is 9.78 Å². The predicted molar refractivity (Wildman–Crippen MR) is 90.7 cm³/mol. The quantitative estimate of drug-likeness (QED) is 0.944. The summed E-state index contributed by atoms with van der Waals surface area (Å²) in [6, 6.07) is 7.51. The summed E-state index contributed by atoms with van der Waals surface area (Å²) >= 11 is 0. The number of nitrogens with zero attached hydrogens (tertiary/aromatic N) is 2. The topological polar surface area (TPSA) is 68.5 Å². The third-order valence-electron chi connectivity index (χ3n) is 4.71. The maximum Gasteiger partial charge on any atom is 0.254 e. The first kappa shape index (κ1) is 15.7. The van der Waals surface area contributed by atoms with Gasteiger partial charge in [-0.25, -0.2) is 0 Å². The molecule has 1 saturated heterocycles. The number of aryl methyl sites for hydroxylation is 1. The van der Waals surface area contributed by atoms with Gasteiger partial charge in [0.25, 0.3) is 5.91 Å². The summed E-state index contributed by atoms with van der Waals surface area (Å²) in [5.74, 6) is 0.774. The summed E-state index contributed by atoms with van der Waals surface area (Å²) in [4.78, 5) is 19.5. The van der Waals surface area contributed by atoms with E-state index in [1.54, 1.807) is 7.11 Å². The Balaban J connectivity index is 2.03. The van der Waals surface area contributed by atoms with Gasteiger partial charge in [-0.1, -0.05) is 6.92 Å². The minimum atomic E-state index is 0.0191. The lowest BCUT2D eigenvalue weighted by Crippen LogP contribution is -2.34. The fourth-order valence-electron chi connectivity index (χ4n) is 3.18. The van der Waals surface area contributed by atoms with Crippen molar-refractivity contribution < 1.29 is 9.53 Å². The molecule has 1 aliphatic rings. The first-order valence-corrected chi connectivity index (χ1v) is 7.90. The van der Waals surface area contributed by atoms with Crippen LogP contribution in [0.5, 0.6) is 5.75 Å². The molecule has 5 nitrogen and oxygen atoms in total. The average Bonchev–Trinajstić information content (AvgIpc) is 2.96. The second-order valence-electron chi connectivity index (χ2n) is 6.69. The van der Waals surface area contributed by atoms with Gasteiger partial charge in [-0.05, 0) is 49.6 Å². The zero-order valence-corrected chi connectivity index (χ0v) is 13.9. The van der Waals surface area contributed by atoms with Gasteiger partial charge in [-0.2, -0.15) is 0 Å². The number of pyridine rings is 1. The van der Waals surface area contributed by atoms with E-state index in [0.29, 0.717) is 18.7 Å². The minimum Gasteiger partial charge on any atom is -0.497 e. The van der Waals surface area contributed by atoms with Crippen LogP contribution in [0.2, 0.25) is 0 Å². The number of nitrogens with two attached hydrogens (primary N) is 1. The molecule has 122 valence electrons. The zero-order valence-electron chi connectivity index (χ0n) is 13.9. The molecule has 1 aliphatic heterocycles. The zero-order chi connectivity index (χ0) is 16.6. The normalized spacial score (nSPS) is 21.0. The molecule has 1 aromatic carbocycles. The number of carbonyl (C=O) groups excluding carboxylic acids is 1. The predicted octanol–water partition coefficient (Wildman–Crippen LogP) is 2.36. The highest BCUT2D eigenvalue weighted by Crippen LogP contribution is 2.31. The number of benzene rings is 1. The molecule has 0 saturated carbocycles. The van der Waals surface area contributed by atoms with Gasteiger partial charge in [0.1, 0.15) is 5.75 Å². The van der Waals surface area contributed by atoms with Gasteiger partial charge in [-0.15, -0.1) is 0 Å². The first-order valence-electron chi connectivity index (χ1n) is 7.90. The van der Waals surface area contributed by atoms with Gasteiger partial charge in [0, 0.05) is 24.2 Å². The lowest BCUT2D eigenvalue weighted by molar-refractivity contribution is 0.0778. The van der Waals surface area contributed by atoms with Gasteiger partial charge in [0.2, 0.25) is 0 Å². The van der Waals surface area contributed by atoms with Gasteiger partial charge in [0.15, 0.2) is 0 Å². The monoisotopic (exact) mass is 313 g/mol. The molecule has 5 heteroatoms. The van der Waals surface area contributed by atoms with E-state index in [1.807, 2.05) is 36.1 Å². The summed E-state index contributed by atoms with van der Waals surface area (Å²) in [6.07, 6.45) is 0.945. The third-order valence-corrected chi connectivity index (χ3v) is 4.71. The molecule has 0 bridgehead atoms. The molecule has 1 atom stereocenters. The Morgan fingerprint density at radius 3 is 2.87 bits per heavy atom. The molecule has 1 aromatic heterocycles. The molecular formula is C18H23N3O2. The lowest BCUT2D eigenvalue weighted by Gasteiger charge is -2.23. The van der Waals surface area contributed by atoms with E-state index in [9.17, 15) is 4.79 Å². The SMILES string of the molecule is COc1ccc2nc(C)cc(C(=O)N3CCC(C)(CN)C3)c2c1. The number of fused-ring (bicyclic) bond motifs is 1. The van der Waals surface area contributed by atoms with E-state index >= 15 is 0 Å².